The van der Waals surface area contributed by atoms with Crippen LogP contribution in [0.2, 0.25) is 0 Å². The Kier molecular flexibility index (Phi) is 2.02. The summed E-state index contributed by atoms with van der Waals surface area (Å²) in [5.74, 6) is 0.771. The van der Waals surface area contributed by atoms with Crippen molar-refractivity contribution in [3.8, 4) is 0 Å². The molecule has 84 valence electrons. The molecular formula is C11H16O3S. The number of hydrogen-bond donors (Lipinski definition) is 0. The summed E-state index contributed by atoms with van der Waals surface area (Å²) in [7, 11) is 0. The van der Waals surface area contributed by atoms with Crippen molar-refractivity contribution in [3.63, 3.8) is 0 Å². The van der Waals surface area contributed by atoms with E-state index >= 15 is 0 Å². The first-order valence-electron chi connectivity index (χ1n) is 5.56. The standard InChI is InChI=1S/C11H16O3S/c1-10(2)13-7-6-15-11(9(7)14-10)5-3-4-8(11)12/h7,9H,3-6H2,1-2H3/t7-,9-,11-/m0/s1. The molecule has 3 aliphatic rings. The number of ether oxygens (including phenoxy) is 2. The Morgan fingerprint density at radius 3 is 2.87 bits per heavy atom. The molecule has 2 heterocycles. The van der Waals surface area contributed by atoms with Crippen LogP contribution in [0.15, 0.2) is 0 Å². The van der Waals surface area contributed by atoms with Gasteiger partial charge in [-0.3, -0.25) is 4.79 Å². The number of carbonyl (C=O) groups is 1. The first-order valence-corrected chi connectivity index (χ1v) is 6.55. The lowest BCUT2D eigenvalue weighted by Gasteiger charge is -2.28. The van der Waals surface area contributed by atoms with Crippen molar-refractivity contribution < 1.29 is 14.3 Å². The number of fused-ring (bicyclic) bond motifs is 2. The van der Waals surface area contributed by atoms with Gasteiger partial charge in [-0.05, 0) is 26.7 Å². The maximum atomic E-state index is 12.0. The predicted molar refractivity (Wildman–Crippen MR) is 57.9 cm³/mol. The molecule has 0 aromatic heterocycles. The Labute approximate surface area is 93.9 Å². The molecule has 0 bridgehead atoms. The Balaban J connectivity index is 1.92. The quantitative estimate of drug-likeness (QED) is 0.632. The van der Waals surface area contributed by atoms with Gasteiger partial charge in [0.25, 0.3) is 0 Å². The van der Waals surface area contributed by atoms with Gasteiger partial charge in [0.05, 0.1) is 6.10 Å². The van der Waals surface area contributed by atoms with Gasteiger partial charge in [-0.15, -0.1) is 11.8 Å². The van der Waals surface area contributed by atoms with Crippen LogP contribution in [0.5, 0.6) is 0 Å². The minimum Gasteiger partial charge on any atom is -0.344 e. The van der Waals surface area contributed by atoms with Gasteiger partial charge >= 0.3 is 0 Å². The zero-order valence-electron chi connectivity index (χ0n) is 9.12. The first-order chi connectivity index (χ1) is 7.04. The van der Waals surface area contributed by atoms with Gasteiger partial charge in [-0.25, -0.2) is 0 Å². The fourth-order valence-electron chi connectivity index (χ4n) is 2.98. The fraction of sp³-hybridized carbons (Fsp3) is 0.909. The molecule has 0 N–H and O–H groups in total. The smallest absolute Gasteiger partial charge is 0.163 e. The van der Waals surface area contributed by atoms with Crippen molar-refractivity contribution in [1.29, 1.82) is 0 Å². The summed E-state index contributed by atoms with van der Waals surface area (Å²) in [5.41, 5.74) is 0. The van der Waals surface area contributed by atoms with Crippen LogP contribution >= 0.6 is 11.8 Å². The van der Waals surface area contributed by atoms with Crippen molar-refractivity contribution in [1.82, 2.24) is 0 Å². The van der Waals surface area contributed by atoms with Crippen LogP contribution in [0.25, 0.3) is 0 Å². The SMILES string of the molecule is CC1(C)O[C@H]2CS[C@]3(CCCC3=O)[C@H]2O1. The fourth-order valence-corrected chi connectivity index (χ4v) is 4.60. The van der Waals surface area contributed by atoms with Gasteiger partial charge in [-0.1, -0.05) is 0 Å². The highest BCUT2D eigenvalue weighted by atomic mass is 32.2. The van der Waals surface area contributed by atoms with Gasteiger partial charge in [0.1, 0.15) is 10.9 Å². The second-order valence-corrected chi connectivity index (χ2v) is 6.42. The van der Waals surface area contributed by atoms with E-state index in [1.165, 1.54) is 0 Å². The Hall–Kier alpha value is -0.0600. The van der Waals surface area contributed by atoms with Crippen LogP contribution in [0.1, 0.15) is 33.1 Å². The summed E-state index contributed by atoms with van der Waals surface area (Å²) in [6.45, 7) is 3.87. The van der Waals surface area contributed by atoms with Crippen molar-refractivity contribution in [2.45, 2.75) is 55.9 Å². The van der Waals surface area contributed by atoms with Crippen molar-refractivity contribution in [3.05, 3.63) is 0 Å². The van der Waals surface area contributed by atoms with Crippen LogP contribution < -0.4 is 0 Å². The molecule has 0 aromatic rings. The molecule has 3 fully saturated rings. The maximum Gasteiger partial charge on any atom is 0.163 e. The summed E-state index contributed by atoms with van der Waals surface area (Å²) in [4.78, 5) is 12.0. The predicted octanol–water partition coefficient (Wildman–Crippen LogP) is 1.75. The number of carbonyl (C=O) groups excluding carboxylic acids is 1. The van der Waals surface area contributed by atoms with E-state index in [1.807, 2.05) is 13.8 Å². The van der Waals surface area contributed by atoms with Crippen LogP contribution in [0.4, 0.5) is 0 Å². The van der Waals surface area contributed by atoms with Crippen LogP contribution in [-0.2, 0) is 14.3 Å². The van der Waals surface area contributed by atoms with Gasteiger partial charge in [0, 0.05) is 12.2 Å². The van der Waals surface area contributed by atoms with Crippen LogP contribution in [0.3, 0.4) is 0 Å². The first kappa shape index (κ1) is 10.1. The molecule has 2 saturated heterocycles. The molecule has 0 unspecified atom stereocenters. The highest BCUT2D eigenvalue weighted by Crippen LogP contribution is 2.53. The lowest BCUT2D eigenvalue weighted by molar-refractivity contribution is -0.150. The average molecular weight is 228 g/mol. The number of Topliss-reactive ketones (excluding diaryl/α,β-unsaturated/α-hetero) is 1. The molecule has 3 atom stereocenters. The largest absolute Gasteiger partial charge is 0.344 e. The molecule has 0 radical (unpaired) electrons. The average Bonchev–Trinajstić information content (AvgIpc) is 2.72. The van der Waals surface area contributed by atoms with E-state index in [0.29, 0.717) is 5.78 Å². The molecule has 0 aromatic carbocycles. The minimum absolute atomic E-state index is 0.00694. The number of rotatable bonds is 0. The van der Waals surface area contributed by atoms with E-state index in [4.69, 9.17) is 9.47 Å². The topological polar surface area (TPSA) is 35.5 Å². The molecule has 1 saturated carbocycles. The summed E-state index contributed by atoms with van der Waals surface area (Å²) in [6.07, 6.45) is 2.82. The van der Waals surface area contributed by atoms with E-state index < -0.39 is 5.79 Å². The van der Waals surface area contributed by atoms with Gasteiger partial charge in [0.15, 0.2) is 11.6 Å². The molecule has 0 amide bonds. The third kappa shape index (κ3) is 1.31. The van der Waals surface area contributed by atoms with Crippen molar-refractivity contribution in [2.75, 3.05) is 5.75 Å². The van der Waals surface area contributed by atoms with E-state index in [9.17, 15) is 4.79 Å². The Morgan fingerprint density at radius 1 is 1.40 bits per heavy atom. The number of ketones is 1. The third-order valence-electron chi connectivity index (χ3n) is 3.57. The molecular weight excluding hydrogens is 212 g/mol. The van der Waals surface area contributed by atoms with E-state index in [2.05, 4.69) is 0 Å². The van der Waals surface area contributed by atoms with Gasteiger partial charge in [0.2, 0.25) is 0 Å². The molecule has 3 nitrogen and oxygen atoms in total. The monoisotopic (exact) mass is 228 g/mol. The normalized spacial score (nSPS) is 47.7. The maximum absolute atomic E-state index is 12.0. The lowest BCUT2D eigenvalue weighted by atomic mass is 9.95. The number of thioether (sulfide) groups is 1. The number of hydrogen-bond acceptors (Lipinski definition) is 4. The second kappa shape index (κ2) is 2.99. The van der Waals surface area contributed by atoms with Crippen molar-refractivity contribution >= 4 is 17.5 Å². The van der Waals surface area contributed by atoms with Crippen LogP contribution in [0, 0.1) is 0 Å². The van der Waals surface area contributed by atoms with Gasteiger partial charge in [-0.2, -0.15) is 0 Å². The van der Waals surface area contributed by atoms with Crippen LogP contribution in [-0.4, -0.2) is 34.3 Å². The Bertz CT molecular complexity index is 315. The van der Waals surface area contributed by atoms with E-state index in [0.717, 1.165) is 25.0 Å². The third-order valence-corrected chi connectivity index (χ3v) is 5.25. The van der Waals surface area contributed by atoms with Crippen molar-refractivity contribution in [2.24, 2.45) is 0 Å². The van der Waals surface area contributed by atoms with E-state index in [-0.39, 0.29) is 17.0 Å². The molecule has 15 heavy (non-hydrogen) atoms. The molecule has 3 rings (SSSR count). The second-order valence-electron chi connectivity index (χ2n) is 5.07. The molecule has 1 spiro atoms. The highest BCUT2D eigenvalue weighted by molar-refractivity contribution is 8.01. The lowest BCUT2D eigenvalue weighted by Crippen LogP contribution is -2.43. The summed E-state index contributed by atoms with van der Waals surface area (Å²) >= 11 is 1.75. The molecule has 2 aliphatic heterocycles. The molecule has 1 aliphatic carbocycles. The zero-order chi connectivity index (χ0) is 10.7. The summed E-state index contributed by atoms with van der Waals surface area (Å²) in [5, 5.41) is 0. The summed E-state index contributed by atoms with van der Waals surface area (Å²) < 4.78 is 11.5. The van der Waals surface area contributed by atoms with E-state index in [1.54, 1.807) is 11.8 Å². The Morgan fingerprint density at radius 2 is 2.20 bits per heavy atom. The zero-order valence-corrected chi connectivity index (χ0v) is 9.93. The molecule has 4 heteroatoms. The highest BCUT2D eigenvalue weighted by Gasteiger charge is 2.62. The van der Waals surface area contributed by atoms with Gasteiger partial charge < -0.3 is 9.47 Å². The summed E-state index contributed by atoms with van der Waals surface area (Å²) in [6, 6.07) is 0. The minimum atomic E-state index is -0.508.